The molecule has 0 fully saturated rings. The largest absolute Gasteiger partial charge is 0.365 e. The Morgan fingerprint density at radius 3 is 2.39 bits per heavy atom. The normalized spacial score (nSPS) is 12.3. The van der Waals surface area contributed by atoms with Crippen LogP contribution in [0.3, 0.4) is 0 Å². The molecule has 2 N–H and O–H groups in total. The molecule has 0 aromatic carbocycles. The highest BCUT2D eigenvalue weighted by molar-refractivity contribution is 5.41. The summed E-state index contributed by atoms with van der Waals surface area (Å²) < 4.78 is 0. The van der Waals surface area contributed by atoms with E-state index in [2.05, 4.69) is 55.2 Å². The van der Waals surface area contributed by atoms with E-state index in [1.807, 2.05) is 13.0 Å². The zero-order valence-electron chi connectivity index (χ0n) is 12.5. The molecule has 0 bridgehead atoms. The summed E-state index contributed by atoms with van der Waals surface area (Å²) in [6.45, 7) is 14.0. The Labute approximate surface area is 111 Å². The van der Waals surface area contributed by atoms with Gasteiger partial charge in [0.05, 0.1) is 0 Å². The van der Waals surface area contributed by atoms with Gasteiger partial charge in [0, 0.05) is 18.3 Å². The highest BCUT2D eigenvalue weighted by atomic mass is 15.1. The first kappa shape index (κ1) is 14.7. The fourth-order valence-corrected chi connectivity index (χ4v) is 2.39. The Kier molecular flexibility index (Phi) is 4.54. The van der Waals surface area contributed by atoms with Crippen molar-refractivity contribution in [2.75, 3.05) is 17.2 Å². The minimum absolute atomic E-state index is 0.0100. The lowest BCUT2D eigenvalue weighted by molar-refractivity contribution is 0.302. The van der Waals surface area contributed by atoms with Crippen molar-refractivity contribution in [1.82, 2.24) is 9.97 Å². The van der Waals surface area contributed by atoms with Gasteiger partial charge >= 0.3 is 0 Å². The van der Waals surface area contributed by atoms with Gasteiger partial charge in [-0.05, 0) is 38.7 Å². The van der Waals surface area contributed by atoms with E-state index in [1.54, 1.807) is 6.20 Å². The van der Waals surface area contributed by atoms with Gasteiger partial charge in [-0.1, -0.05) is 20.8 Å². The van der Waals surface area contributed by atoms with Gasteiger partial charge in [0.1, 0.15) is 5.82 Å². The van der Waals surface area contributed by atoms with Gasteiger partial charge in [0.2, 0.25) is 5.95 Å². The third-order valence-electron chi connectivity index (χ3n) is 2.43. The number of anilines is 2. The van der Waals surface area contributed by atoms with Crippen LogP contribution in [0.4, 0.5) is 11.8 Å². The number of nitrogens with zero attached hydrogens (tertiary/aromatic N) is 2. The topological polar surface area (TPSA) is 49.8 Å². The van der Waals surface area contributed by atoms with Gasteiger partial charge < -0.3 is 10.6 Å². The summed E-state index contributed by atoms with van der Waals surface area (Å²) >= 11 is 0. The number of rotatable bonds is 5. The number of hydrogen-bond acceptors (Lipinski definition) is 4. The molecule has 0 saturated heterocycles. The molecule has 0 atom stereocenters. The average Bonchev–Trinajstić information content (AvgIpc) is 2.13. The summed E-state index contributed by atoms with van der Waals surface area (Å²) in [6, 6.07) is 1.91. The van der Waals surface area contributed by atoms with Crippen LogP contribution in [0.1, 0.15) is 48.0 Å². The van der Waals surface area contributed by atoms with E-state index >= 15 is 0 Å². The molecule has 0 aliphatic heterocycles. The summed E-state index contributed by atoms with van der Waals surface area (Å²) in [6.07, 6.45) is 2.85. The smallest absolute Gasteiger partial charge is 0.224 e. The van der Waals surface area contributed by atoms with Crippen LogP contribution >= 0.6 is 0 Å². The minimum atomic E-state index is 0.0100. The van der Waals surface area contributed by atoms with Crippen molar-refractivity contribution in [1.29, 1.82) is 0 Å². The summed E-state index contributed by atoms with van der Waals surface area (Å²) in [4.78, 5) is 8.62. The second kappa shape index (κ2) is 5.55. The molecule has 0 aliphatic rings. The van der Waals surface area contributed by atoms with Crippen LogP contribution in [0.25, 0.3) is 0 Å². The average molecular weight is 250 g/mol. The molecule has 0 unspecified atom stereocenters. The molecule has 4 nitrogen and oxygen atoms in total. The second-order valence-corrected chi connectivity index (χ2v) is 6.54. The molecule has 1 rings (SSSR count). The van der Waals surface area contributed by atoms with Crippen LogP contribution < -0.4 is 10.6 Å². The number of aromatic nitrogens is 2. The van der Waals surface area contributed by atoms with Gasteiger partial charge in [-0.2, -0.15) is 4.98 Å². The lowest BCUT2D eigenvalue weighted by atomic mass is 9.82. The third kappa shape index (κ3) is 5.34. The van der Waals surface area contributed by atoms with E-state index < -0.39 is 0 Å². The van der Waals surface area contributed by atoms with E-state index in [9.17, 15) is 0 Å². The Bertz CT molecular complexity index is 380. The zero-order chi connectivity index (χ0) is 13.8. The van der Waals surface area contributed by atoms with Crippen LogP contribution in [-0.2, 0) is 0 Å². The lowest BCUT2D eigenvalue weighted by Gasteiger charge is -2.33. The number of nitrogens with one attached hydrogen (secondary N) is 2. The first-order valence-corrected chi connectivity index (χ1v) is 6.57. The zero-order valence-corrected chi connectivity index (χ0v) is 12.5. The predicted molar refractivity (Wildman–Crippen MR) is 78.0 cm³/mol. The third-order valence-corrected chi connectivity index (χ3v) is 2.43. The van der Waals surface area contributed by atoms with Crippen LogP contribution in [-0.4, -0.2) is 22.1 Å². The predicted octanol–water partition coefficient (Wildman–Crippen LogP) is 3.54. The fraction of sp³-hybridized carbons (Fsp3) is 0.714. The Balaban J connectivity index is 2.74. The Morgan fingerprint density at radius 1 is 1.17 bits per heavy atom. The van der Waals surface area contributed by atoms with Gasteiger partial charge in [-0.15, -0.1) is 0 Å². The summed E-state index contributed by atoms with van der Waals surface area (Å²) in [7, 11) is 0. The first-order valence-electron chi connectivity index (χ1n) is 6.57. The van der Waals surface area contributed by atoms with E-state index in [1.165, 1.54) is 0 Å². The molecule has 0 saturated carbocycles. The minimum Gasteiger partial charge on any atom is -0.365 e. The molecule has 4 heteroatoms. The molecular formula is C14H26N4. The molecule has 102 valence electrons. The molecule has 18 heavy (non-hydrogen) atoms. The molecule has 0 aliphatic carbocycles. The maximum absolute atomic E-state index is 4.44. The molecule has 1 aromatic heterocycles. The molecule has 0 amide bonds. The molecule has 0 spiro atoms. The Morgan fingerprint density at radius 2 is 1.83 bits per heavy atom. The van der Waals surface area contributed by atoms with Gasteiger partial charge in [0.25, 0.3) is 0 Å². The van der Waals surface area contributed by atoms with E-state index in [0.717, 1.165) is 18.8 Å². The van der Waals surface area contributed by atoms with E-state index in [4.69, 9.17) is 0 Å². The maximum atomic E-state index is 4.44. The SMILES string of the molecule is CCNc1nccc(NC(C)(C)CC(C)(C)C)n1. The molecule has 0 radical (unpaired) electrons. The quantitative estimate of drug-likeness (QED) is 0.839. The molecular weight excluding hydrogens is 224 g/mol. The van der Waals surface area contributed by atoms with E-state index in [-0.39, 0.29) is 11.0 Å². The van der Waals surface area contributed by atoms with Crippen LogP contribution in [0.2, 0.25) is 0 Å². The van der Waals surface area contributed by atoms with Crippen molar-refractivity contribution >= 4 is 11.8 Å². The van der Waals surface area contributed by atoms with Gasteiger partial charge in [-0.25, -0.2) is 4.98 Å². The van der Waals surface area contributed by atoms with Gasteiger partial charge in [0.15, 0.2) is 0 Å². The summed E-state index contributed by atoms with van der Waals surface area (Å²) in [5, 5.41) is 6.60. The number of hydrogen-bond donors (Lipinski definition) is 2. The monoisotopic (exact) mass is 250 g/mol. The van der Waals surface area contributed by atoms with Crippen LogP contribution in [0.5, 0.6) is 0 Å². The second-order valence-electron chi connectivity index (χ2n) is 6.54. The summed E-state index contributed by atoms with van der Waals surface area (Å²) in [5.74, 6) is 1.55. The standard InChI is InChI=1S/C14H26N4/c1-7-15-12-16-9-8-11(17-12)18-14(5,6)10-13(2,3)4/h8-9H,7,10H2,1-6H3,(H2,15,16,17,18). The first-order chi connectivity index (χ1) is 8.22. The van der Waals surface area contributed by atoms with Crippen molar-refractivity contribution in [2.24, 2.45) is 5.41 Å². The lowest BCUT2D eigenvalue weighted by Crippen LogP contribution is -2.35. The fourth-order valence-electron chi connectivity index (χ4n) is 2.39. The molecule has 1 aromatic rings. The van der Waals surface area contributed by atoms with Gasteiger partial charge in [-0.3, -0.25) is 0 Å². The summed E-state index contributed by atoms with van der Waals surface area (Å²) in [5.41, 5.74) is 0.296. The van der Waals surface area contributed by atoms with Crippen molar-refractivity contribution in [3.05, 3.63) is 12.3 Å². The van der Waals surface area contributed by atoms with E-state index in [0.29, 0.717) is 5.95 Å². The van der Waals surface area contributed by atoms with Crippen molar-refractivity contribution < 1.29 is 0 Å². The highest BCUT2D eigenvalue weighted by Gasteiger charge is 2.25. The van der Waals surface area contributed by atoms with Crippen LogP contribution in [0.15, 0.2) is 12.3 Å². The van der Waals surface area contributed by atoms with Crippen molar-refractivity contribution in [3.63, 3.8) is 0 Å². The van der Waals surface area contributed by atoms with Crippen molar-refractivity contribution in [3.8, 4) is 0 Å². The highest BCUT2D eigenvalue weighted by Crippen LogP contribution is 2.29. The van der Waals surface area contributed by atoms with Crippen molar-refractivity contribution in [2.45, 2.75) is 53.5 Å². The van der Waals surface area contributed by atoms with Crippen LogP contribution in [0, 0.1) is 5.41 Å². The molecule has 1 heterocycles. The maximum Gasteiger partial charge on any atom is 0.224 e. The Hall–Kier alpha value is -1.32.